The van der Waals surface area contributed by atoms with Gasteiger partial charge in [-0.3, -0.25) is 9.78 Å². The summed E-state index contributed by atoms with van der Waals surface area (Å²) in [6, 6.07) is 7.69. The molecule has 6 heteroatoms. The topological polar surface area (TPSA) is 59.4 Å². The lowest BCUT2D eigenvalue weighted by atomic mass is 10.1. The van der Waals surface area contributed by atoms with E-state index in [1.54, 1.807) is 12.3 Å². The number of halogens is 1. The molecule has 0 amide bonds. The number of nitrogens with zero attached hydrogens (tertiary/aromatic N) is 1. The Kier molecular flexibility index (Phi) is 3.90. The highest BCUT2D eigenvalue weighted by Crippen LogP contribution is 2.39. The minimum absolute atomic E-state index is 0.0133. The number of aryl methyl sites for hydroxylation is 1. The summed E-state index contributed by atoms with van der Waals surface area (Å²) in [7, 11) is 0. The van der Waals surface area contributed by atoms with E-state index in [1.165, 1.54) is 11.3 Å². The summed E-state index contributed by atoms with van der Waals surface area (Å²) < 4.78 is 7.09. The van der Waals surface area contributed by atoms with Gasteiger partial charge in [-0.2, -0.15) is 0 Å². The van der Waals surface area contributed by atoms with Crippen molar-refractivity contribution in [2.45, 2.75) is 25.4 Å². The monoisotopic (exact) mass is 359 g/mol. The quantitative estimate of drug-likeness (QED) is 0.737. The van der Waals surface area contributed by atoms with E-state index in [1.807, 2.05) is 17.5 Å². The third-order valence-electron chi connectivity index (χ3n) is 4.21. The maximum Gasteiger partial charge on any atom is 0.307 e. The Morgan fingerprint density at radius 3 is 3.17 bits per heavy atom. The largest absolute Gasteiger partial charge is 0.486 e. The average molecular weight is 360 g/mol. The van der Waals surface area contributed by atoms with Crippen molar-refractivity contribution in [1.29, 1.82) is 0 Å². The summed E-state index contributed by atoms with van der Waals surface area (Å²) in [6.07, 6.45) is 3.58. The predicted octanol–water partition coefficient (Wildman–Crippen LogP) is 4.64. The molecule has 0 saturated heterocycles. The number of pyridine rings is 1. The van der Waals surface area contributed by atoms with Crippen molar-refractivity contribution in [2.75, 3.05) is 0 Å². The van der Waals surface area contributed by atoms with E-state index >= 15 is 0 Å². The Labute approximate surface area is 147 Å². The third-order valence-corrected chi connectivity index (χ3v) is 5.49. The first kappa shape index (κ1) is 15.4. The van der Waals surface area contributed by atoms with Gasteiger partial charge >= 0.3 is 5.97 Å². The van der Waals surface area contributed by atoms with Gasteiger partial charge in [0, 0.05) is 27.5 Å². The van der Waals surface area contributed by atoms with Crippen LogP contribution < -0.4 is 4.74 Å². The number of carboxylic acids is 1. The molecule has 1 N–H and O–H groups in total. The van der Waals surface area contributed by atoms with Gasteiger partial charge in [-0.15, -0.1) is 11.3 Å². The molecule has 3 aromatic rings. The van der Waals surface area contributed by atoms with E-state index in [0.717, 1.165) is 39.7 Å². The predicted molar refractivity (Wildman–Crippen MR) is 94.1 cm³/mol. The van der Waals surface area contributed by atoms with Gasteiger partial charge in [-0.1, -0.05) is 17.7 Å². The molecule has 2 aromatic heterocycles. The smallest absolute Gasteiger partial charge is 0.307 e. The molecule has 1 aromatic carbocycles. The molecule has 0 aliphatic heterocycles. The molecule has 1 aliphatic carbocycles. The summed E-state index contributed by atoms with van der Waals surface area (Å²) in [5.74, 6) is -0.154. The number of aliphatic carboxylic acids is 1. The Morgan fingerprint density at radius 2 is 2.33 bits per heavy atom. The van der Waals surface area contributed by atoms with E-state index < -0.39 is 5.97 Å². The zero-order chi connectivity index (χ0) is 16.7. The van der Waals surface area contributed by atoms with E-state index in [0.29, 0.717) is 10.8 Å². The first-order chi connectivity index (χ1) is 11.6. The van der Waals surface area contributed by atoms with Crippen LogP contribution in [0.1, 0.15) is 29.3 Å². The molecule has 122 valence electrons. The minimum Gasteiger partial charge on any atom is -0.486 e. The zero-order valence-electron chi connectivity index (χ0n) is 12.7. The summed E-state index contributed by atoms with van der Waals surface area (Å²) >= 11 is 7.89. The van der Waals surface area contributed by atoms with E-state index in [4.69, 9.17) is 21.4 Å². The highest BCUT2D eigenvalue weighted by molar-refractivity contribution is 7.17. The number of benzene rings is 1. The molecule has 4 nitrogen and oxygen atoms in total. The van der Waals surface area contributed by atoms with E-state index in [2.05, 4.69) is 11.1 Å². The van der Waals surface area contributed by atoms with Gasteiger partial charge in [0.15, 0.2) is 0 Å². The van der Waals surface area contributed by atoms with Crippen LogP contribution in [0.4, 0.5) is 0 Å². The van der Waals surface area contributed by atoms with Gasteiger partial charge in [-0.05, 0) is 42.0 Å². The van der Waals surface area contributed by atoms with Crippen LogP contribution in [-0.4, -0.2) is 16.1 Å². The highest BCUT2D eigenvalue weighted by atomic mass is 35.5. The minimum atomic E-state index is -0.860. The first-order valence-electron chi connectivity index (χ1n) is 7.63. The molecule has 1 aliphatic rings. The standard InChI is InChI=1S/C18H14ClNO3S/c19-13-7-11(8-16-18(13)10(9-24-16)6-17(21)22)23-15-4-3-14-12(15)2-1-5-20-14/h1-2,5,7-9,15H,3-4,6H2,(H,21,22)/t15-/m1/s1. The fourth-order valence-corrected chi connectivity index (χ4v) is 4.58. The fourth-order valence-electron chi connectivity index (χ4n) is 3.18. The molecule has 2 heterocycles. The number of carboxylic acid groups (broad SMARTS) is 1. The maximum absolute atomic E-state index is 11.0. The number of carbonyl (C=O) groups is 1. The number of aromatic nitrogens is 1. The molecule has 0 bridgehead atoms. The molecular formula is C18H14ClNO3S. The fraction of sp³-hybridized carbons (Fsp3) is 0.222. The Bertz CT molecular complexity index is 937. The van der Waals surface area contributed by atoms with Crippen LogP contribution in [0.15, 0.2) is 35.8 Å². The second kappa shape index (κ2) is 6.07. The number of fused-ring (bicyclic) bond motifs is 2. The SMILES string of the molecule is O=C(O)Cc1csc2cc(O[C@@H]3CCc4ncccc43)cc(Cl)c12. The number of hydrogen-bond acceptors (Lipinski definition) is 4. The number of rotatable bonds is 4. The van der Waals surface area contributed by atoms with Crippen molar-refractivity contribution in [1.82, 2.24) is 4.98 Å². The average Bonchev–Trinajstić information content (AvgIpc) is 3.12. The third kappa shape index (κ3) is 2.74. The van der Waals surface area contributed by atoms with Gasteiger partial charge in [0.25, 0.3) is 0 Å². The van der Waals surface area contributed by atoms with Crippen LogP contribution in [-0.2, 0) is 17.6 Å². The molecule has 24 heavy (non-hydrogen) atoms. The second-order valence-corrected chi connectivity index (χ2v) is 7.11. The van der Waals surface area contributed by atoms with Gasteiger partial charge in [0.1, 0.15) is 11.9 Å². The van der Waals surface area contributed by atoms with Crippen LogP contribution in [0.3, 0.4) is 0 Å². The van der Waals surface area contributed by atoms with Crippen molar-refractivity contribution in [3.8, 4) is 5.75 Å². The maximum atomic E-state index is 11.0. The number of ether oxygens (including phenoxy) is 1. The van der Waals surface area contributed by atoms with E-state index in [9.17, 15) is 4.79 Å². The van der Waals surface area contributed by atoms with Crippen molar-refractivity contribution < 1.29 is 14.6 Å². The van der Waals surface area contributed by atoms with Crippen molar-refractivity contribution in [3.63, 3.8) is 0 Å². The first-order valence-corrected chi connectivity index (χ1v) is 8.89. The molecule has 4 rings (SSSR count). The van der Waals surface area contributed by atoms with Crippen LogP contribution in [0.2, 0.25) is 5.02 Å². The van der Waals surface area contributed by atoms with Gasteiger partial charge in [-0.25, -0.2) is 0 Å². The molecular weight excluding hydrogens is 346 g/mol. The molecule has 0 saturated carbocycles. The van der Waals surface area contributed by atoms with Gasteiger partial charge in [0.2, 0.25) is 0 Å². The Morgan fingerprint density at radius 1 is 1.46 bits per heavy atom. The molecule has 0 spiro atoms. The van der Waals surface area contributed by atoms with Crippen molar-refractivity contribution in [3.05, 3.63) is 57.7 Å². The molecule has 0 unspecified atom stereocenters. The Hall–Kier alpha value is -2.11. The van der Waals surface area contributed by atoms with Crippen LogP contribution in [0.25, 0.3) is 10.1 Å². The van der Waals surface area contributed by atoms with Crippen molar-refractivity contribution in [2.24, 2.45) is 0 Å². The number of thiophene rings is 1. The molecule has 0 fully saturated rings. The Balaban J connectivity index is 1.66. The summed E-state index contributed by atoms with van der Waals surface area (Å²) in [4.78, 5) is 15.4. The lowest BCUT2D eigenvalue weighted by Gasteiger charge is -2.15. The van der Waals surface area contributed by atoms with Gasteiger partial charge in [0.05, 0.1) is 11.4 Å². The van der Waals surface area contributed by atoms with Crippen LogP contribution >= 0.6 is 22.9 Å². The summed E-state index contributed by atoms with van der Waals surface area (Å²) in [5, 5.41) is 12.2. The number of hydrogen-bond donors (Lipinski definition) is 1. The molecule has 1 atom stereocenters. The van der Waals surface area contributed by atoms with Crippen LogP contribution in [0, 0.1) is 0 Å². The van der Waals surface area contributed by atoms with Gasteiger partial charge < -0.3 is 9.84 Å². The molecule has 0 radical (unpaired) electrons. The lowest BCUT2D eigenvalue weighted by Crippen LogP contribution is -2.03. The van der Waals surface area contributed by atoms with E-state index in [-0.39, 0.29) is 12.5 Å². The lowest BCUT2D eigenvalue weighted by molar-refractivity contribution is -0.136. The van der Waals surface area contributed by atoms with Crippen LogP contribution in [0.5, 0.6) is 5.75 Å². The zero-order valence-corrected chi connectivity index (χ0v) is 14.2. The second-order valence-electron chi connectivity index (χ2n) is 5.79. The van der Waals surface area contributed by atoms with Crippen molar-refractivity contribution >= 4 is 39.0 Å². The summed E-state index contributed by atoms with van der Waals surface area (Å²) in [6.45, 7) is 0. The summed E-state index contributed by atoms with van der Waals surface area (Å²) in [5.41, 5.74) is 2.97. The normalized spacial score (nSPS) is 16.3. The highest BCUT2D eigenvalue weighted by Gasteiger charge is 2.25.